The molecule has 0 unspecified atom stereocenters. The molecule has 1 N–H and O–H groups in total. The number of benzene rings is 1. The summed E-state index contributed by atoms with van der Waals surface area (Å²) in [6, 6.07) is 17.7. The first-order valence-electron chi connectivity index (χ1n) is 9.67. The number of aliphatic hydroxyl groups excluding tert-OH is 1. The molecule has 0 spiro atoms. The summed E-state index contributed by atoms with van der Waals surface area (Å²) in [5, 5.41) is 11.5. The number of aromatic nitrogens is 2. The van der Waals surface area contributed by atoms with E-state index in [0.29, 0.717) is 13.2 Å². The molecule has 1 aliphatic rings. The Labute approximate surface area is 165 Å². The van der Waals surface area contributed by atoms with Crippen LogP contribution in [-0.2, 0) is 4.74 Å². The van der Waals surface area contributed by atoms with Gasteiger partial charge < -0.3 is 9.84 Å². The third-order valence-corrected chi connectivity index (χ3v) is 5.18. The minimum Gasteiger partial charge on any atom is -0.386 e. The summed E-state index contributed by atoms with van der Waals surface area (Å²) in [6.07, 6.45) is 2.80. The van der Waals surface area contributed by atoms with E-state index in [1.807, 2.05) is 42.5 Å². The minimum atomic E-state index is -0.753. The Hall–Kier alpha value is -2.60. The number of aryl methyl sites for hydroxylation is 1. The van der Waals surface area contributed by atoms with Gasteiger partial charge in [0.1, 0.15) is 6.10 Å². The lowest BCUT2D eigenvalue weighted by molar-refractivity contribution is -0.0251. The zero-order chi connectivity index (χ0) is 19.3. The maximum atomic E-state index is 11.5. The highest BCUT2D eigenvalue weighted by molar-refractivity contribution is 5.64. The molecule has 144 valence electrons. The molecule has 1 aliphatic heterocycles. The Bertz CT molecular complexity index is 910. The molecular formula is C23H25N3O2. The van der Waals surface area contributed by atoms with Crippen molar-refractivity contribution in [1.82, 2.24) is 14.9 Å². The highest BCUT2D eigenvalue weighted by Gasteiger charge is 2.32. The third kappa shape index (κ3) is 3.97. The zero-order valence-electron chi connectivity index (χ0n) is 16.0. The summed E-state index contributed by atoms with van der Waals surface area (Å²) in [7, 11) is 0. The molecule has 0 aliphatic carbocycles. The van der Waals surface area contributed by atoms with Gasteiger partial charge in [-0.05, 0) is 31.2 Å². The van der Waals surface area contributed by atoms with Gasteiger partial charge in [-0.1, -0.05) is 35.9 Å². The Kier molecular flexibility index (Phi) is 5.76. The smallest absolute Gasteiger partial charge is 0.102 e. The average Bonchev–Trinajstić information content (AvgIpc) is 2.75. The van der Waals surface area contributed by atoms with Gasteiger partial charge in [-0.25, -0.2) is 0 Å². The molecule has 28 heavy (non-hydrogen) atoms. The lowest BCUT2D eigenvalue weighted by Crippen LogP contribution is -2.41. The number of rotatable bonds is 5. The van der Waals surface area contributed by atoms with Gasteiger partial charge in [0, 0.05) is 36.6 Å². The van der Waals surface area contributed by atoms with Crippen molar-refractivity contribution < 1.29 is 9.84 Å². The Morgan fingerprint density at radius 3 is 2.54 bits per heavy atom. The van der Waals surface area contributed by atoms with Crippen molar-refractivity contribution in [2.24, 2.45) is 0 Å². The summed E-state index contributed by atoms with van der Waals surface area (Å²) in [5.41, 5.74) is 4.66. The van der Waals surface area contributed by atoms with E-state index in [4.69, 9.17) is 4.74 Å². The maximum absolute atomic E-state index is 11.5. The van der Waals surface area contributed by atoms with Crippen molar-refractivity contribution in [2.45, 2.75) is 19.1 Å². The summed E-state index contributed by atoms with van der Waals surface area (Å²) < 4.78 is 5.52. The Balaban J connectivity index is 1.76. The van der Waals surface area contributed by atoms with Gasteiger partial charge in [0.2, 0.25) is 0 Å². The fraction of sp³-hybridized carbons (Fsp3) is 0.304. The molecule has 1 fully saturated rings. The molecular weight excluding hydrogens is 350 g/mol. The lowest BCUT2D eigenvalue weighted by Gasteiger charge is -2.37. The van der Waals surface area contributed by atoms with Crippen LogP contribution in [0.15, 0.2) is 67.0 Å². The predicted octanol–water partition coefficient (Wildman–Crippen LogP) is 3.56. The zero-order valence-corrected chi connectivity index (χ0v) is 16.0. The molecule has 2 atom stereocenters. The van der Waals surface area contributed by atoms with Crippen LogP contribution in [0.3, 0.4) is 0 Å². The van der Waals surface area contributed by atoms with Gasteiger partial charge in [-0.2, -0.15) is 0 Å². The minimum absolute atomic E-state index is 0.252. The molecule has 1 aromatic carbocycles. The van der Waals surface area contributed by atoms with E-state index in [0.717, 1.165) is 41.2 Å². The fourth-order valence-corrected chi connectivity index (χ4v) is 3.82. The lowest BCUT2D eigenvalue weighted by atomic mass is 9.93. The summed E-state index contributed by atoms with van der Waals surface area (Å²) in [5.74, 6) is 0. The molecule has 0 amide bonds. The molecule has 0 radical (unpaired) electrons. The van der Waals surface area contributed by atoms with Crippen molar-refractivity contribution >= 4 is 0 Å². The van der Waals surface area contributed by atoms with Crippen molar-refractivity contribution in [3.63, 3.8) is 0 Å². The number of morpholine rings is 1. The number of ether oxygens (including phenoxy) is 1. The van der Waals surface area contributed by atoms with Crippen LogP contribution in [-0.4, -0.2) is 46.3 Å². The first kappa shape index (κ1) is 18.7. The van der Waals surface area contributed by atoms with Gasteiger partial charge in [0.15, 0.2) is 0 Å². The second kappa shape index (κ2) is 8.61. The summed E-state index contributed by atoms with van der Waals surface area (Å²) in [6.45, 7) is 4.91. The van der Waals surface area contributed by atoms with Gasteiger partial charge in [-0.3, -0.25) is 14.9 Å². The highest BCUT2D eigenvalue weighted by atomic mass is 16.5. The Morgan fingerprint density at radius 1 is 0.964 bits per heavy atom. The quantitative estimate of drug-likeness (QED) is 0.739. The highest BCUT2D eigenvalue weighted by Crippen LogP contribution is 2.37. The molecule has 5 heteroatoms. The van der Waals surface area contributed by atoms with Crippen LogP contribution in [0, 0.1) is 6.92 Å². The maximum Gasteiger partial charge on any atom is 0.102 e. The van der Waals surface area contributed by atoms with E-state index >= 15 is 0 Å². The average molecular weight is 375 g/mol. The summed E-state index contributed by atoms with van der Waals surface area (Å²) in [4.78, 5) is 11.4. The SMILES string of the molecule is Cc1cccc(-c2ncccc2[C@@H](O)[C@H](c2ccccn2)N2CCOCC2)c1. The van der Waals surface area contributed by atoms with Crippen LogP contribution in [0.25, 0.3) is 11.3 Å². The molecule has 4 rings (SSSR count). The number of aliphatic hydroxyl groups is 1. The van der Waals surface area contributed by atoms with Crippen molar-refractivity contribution in [3.8, 4) is 11.3 Å². The normalized spacial score (nSPS) is 17.2. The second-order valence-corrected chi connectivity index (χ2v) is 7.10. The number of pyridine rings is 2. The number of nitrogens with zero attached hydrogens (tertiary/aromatic N) is 3. The second-order valence-electron chi connectivity index (χ2n) is 7.10. The van der Waals surface area contributed by atoms with Crippen LogP contribution >= 0.6 is 0 Å². The van der Waals surface area contributed by atoms with Gasteiger partial charge >= 0.3 is 0 Å². The van der Waals surface area contributed by atoms with E-state index in [1.165, 1.54) is 0 Å². The Morgan fingerprint density at radius 2 is 1.79 bits per heavy atom. The van der Waals surface area contributed by atoms with E-state index in [-0.39, 0.29) is 6.04 Å². The molecule has 0 saturated carbocycles. The van der Waals surface area contributed by atoms with Gasteiger partial charge in [0.25, 0.3) is 0 Å². The molecule has 2 aromatic heterocycles. The predicted molar refractivity (Wildman–Crippen MR) is 109 cm³/mol. The van der Waals surface area contributed by atoms with Crippen LogP contribution in [0.4, 0.5) is 0 Å². The van der Waals surface area contributed by atoms with Gasteiger partial charge in [0.05, 0.1) is 30.6 Å². The molecule has 1 saturated heterocycles. The third-order valence-electron chi connectivity index (χ3n) is 5.18. The molecule has 5 nitrogen and oxygen atoms in total. The van der Waals surface area contributed by atoms with Gasteiger partial charge in [-0.15, -0.1) is 0 Å². The van der Waals surface area contributed by atoms with E-state index in [2.05, 4.69) is 33.9 Å². The van der Waals surface area contributed by atoms with E-state index in [9.17, 15) is 5.11 Å². The van der Waals surface area contributed by atoms with Crippen LogP contribution in [0.2, 0.25) is 0 Å². The molecule has 3 aromatic rings. The first-order valence-corrected chi connectivity index (χ1v) is 9.67. The van der Waals surface area contributed by atoms with E-state index < -0.39 is 6.10 Å². The standard InChI is InChI=1S/C23H25N3O2/c1-17-6-4-7-18(16-17)21-19(8-5-11-25-21)23(27)22(20-9-2-3-10-24-20)26-12-14-28-15-13-26/h2-11,16,22-23,27H,12-15H2,1H3/t22-,23+/m0/s1. The first-order chi connectivity index (χ1) is 13.7. The summed E-state index contributed by atoms with van der Waals surface area (Å²) >= 11 is 0. The number of hydrogen-bond donors (Lipinski definition) is 1. The van der Waals surface area contributed by atoms with Crippen LogP contribution in [0.1, 0.15) is 29.0 Å². The van der Waals surface area contributed by atoms with Crippen LogP contribution < -0.4 is 0 Å². The van der Waals surface area contributed by atoms with E-state index in [1.54, 1.807) is 12.4 Å². The van der Waals surface area contributed by atoms with Crippen molar-refractivity contribution in [2.75, 3.05) is 26.3 Å². The largest absolute Gasteiger partial charge is 0.386 e. The number of hydrogen-bond acceptors (Lipinski definition) is 5. The monoisotopic (exact) mass is 375 g/mol. The van der Waals surface area contributed by atoms with Crippen molar-refractivity contribution in [3.05, 3.63) is 83.8 Å². The van der Waals surface area contributed by atoms with Crippen LogP contribution in [0.5, 0.6) is 0 Å². The molecule has 0 bridgehead atoms. The fourth-order valence-electron chi connectivity index (χ4n) is 3.82. The van der Waals surface area contributed by atoms with Crippen molar-refractivity contribution in [1.29, 1.82) is 0 Å². The molecule has 3 heterocycles. The topological polar surface area (TPSA) is 58.5 Å².